The van der Waals surface area contributed by atoms with Gasteiger partial charge in [0.25, 0.3) is 0 Å². The Labute approximate surface area is 83.5 Å². The van der Waals surface area contributed by atoms with Crippen molar-refractivity contribution in [2.24, 2.45) is 0 Å². The molecule has 0 rings (SSSR count). The number of aliphatic carboxylic acids is 1. The van der Waals surface area contributed by atoms with E-state index in [1.54, 1.807) is 19.1 Å². The molecule has 0 saturated heterocycles. The smallest absolute Gasteiger partial charge is 0.346 e. The maximum Gasteiger partial charge on any atom is 0.346 e. The summed E-state index contributed by atoms with van der Waals surface area (Å²) in [5.74, 6) is -1.19. The molecular formula is C10H14N2O2. The van der Waals surface area contributed by atoms with E-state index in [9.17, 15) is 4.79 Å². The van der Waals surface area contributed by atoms with E-state index in [-0.39, 0.29) is 5.57 Å². The van der Waals surface area contributed by atoms with Gasteiger partial charge < -0.3 is 10.4 Å². The second-order valence-electron chi connectivity index (χ2n) is 2.83. The molecule has 4 nitrogen and oxygen atoms in total. The SMILES string of the molecule is CCN/C(C)=C/C(C)=C(/C#N)C(=O)O. The van der Waals surface area contributed by atoms with E-state index < -0.39 is 5.97 Å². The molecule has 2 N–H and O–H groups in total. The average molecular weight is 194 g/mol. The molecule has 0 radical (unpaired) electrons. The van der Waals surface area contributed by atoms with E-state index in [1.165, 1.54) is 0 Å². The lowest BCUT2D eigenvalue weighted by Crippen LogP contribution is -2.09. The Morgan fingerprint density at radius 3 is 2.50 bits per heavy atom. The average Bonchev–Trinajstić information content (AvgIpc) is 2.04. The highest BCUT2D eigenvalue weighted by Gasteiger charge is 2.08. The van der Waals surface area contributed by atoms with E-state index >= 15 is 0 Å². The van der Waals surface area contributed by atoms with E-state index in [0.29, 0.717) is 5.57 Å². The van der Waals surface area contributed by atoms with Crippen LogP contribution in [-0.2, 0) is 4.79 Å². The number of nitrogens with one attached hydrogen (secondary N) is 1. The van der Waals surface area contributed by atoms with E-state index in [1.807, 2.05) is 13.8 Å². The zero-order valence-electron chi connectivity index (χ0n) is 8.59. The molecule has 0 aromatic heterocycles. The number of rotatable bonds is 4. The van der Waals surface area contributed by atoms with Crippen molar-refractivity contribution in [2.45, 2.75) is 20.8 Å². The lowest BCUT2D eigenvalue weighted by molar-refractivity contribution is -0.132. The quantitative estimate of drug-likeness (QED) is 0.403. The summed E-state index contributed by atoms with van der Waals surface area (Å²) in [5.41, 5.74) is 1.08. The molecule has 0 atom stereocenters. The van der Waals surface area contributed by atoms with Crippen LogP contribution in [0.1, 0.15) is 20.8 Å². The van der Waals surface area contributed by atoms with Gasteiger partial charge in [0.15, 0.2) is 0 Å². The van der Waals surface area contributed by atoms with Gasteiger partial charge in [0.1, 0.15) is 11.6 Å². The van der Waals surface area contributed by atoms with Gasteiger partial charge in [0, 0.05) is 12.2 Å². The Morgan fingerprint density at radius 1 is 1.57 bits per heavy atom. The first-order valence-electron chi connectivity index (χ1n) is 4.29. The summed E-state index contributed by atoms with van der Waals surface area (Å²) in [6.07, 6.45) is 1.65. The Morgan fingerprint density at radius 2 is 2.14 bits per heavy atom. The lowest BCUT2D eigenvalue weighted by Gasteiger charge is -2.02. The van der Waals surface area contributed by atoms with Crippen molar-refractivity contribution in [1.82, 2.24) is 5.32 Å². The maximum absolute atomic E-state index is 10.6. The summed E-state index contributed by atoms with van der Waals surface area (Å²) >= 11 is 0. The van der Waals surface area contributed by atoms with Crippen molar-refractivity contribution >= 4 is 5.97 Å². The van der Waals surface area contributed by atoms with Crippen molar-refractivity contribution in [3.05, 3.63) is 22.9 Å². The third-order valence-electron chi connectivity index (χ3n) is 1.61. The van der Waals surface area contributed by atoms with Gasteiger partial charge >= 0.3 is 5.97 Å². The van der Waals surface area contributed by atoms with Gasteiger partial charge in [-0.15, -0.1) is 0 Å². The van der Waals surface area contributed by atoms with Gasteiger partial charge in [-0.25, -0.2) is 4.79 Å². The molecule has 0 aromatic rings. The van der Waals surface area contributed by atoms with Gasteiger partial charge in [-0.2, -0.15) is 5.26 Å². The minimum absolute atomic E-state index is 0.220. The van der Waals surface area contributed by atoms with Crippen molar-refractivity contribution in [1.29, 1.82) is 5.26 Å². The molecule has 0 aromatic carbocycles. The Kier molecular flexibility index (Phi) is 5.08. The minimum Gasteiger partial charge on any atom is -0.477 e. The molecule has 0 amide bonds. The zero-order valence-corrected chi connectivity index (χ0v) is 8.59. The van der Waals surface area contributed by atoms with Crippen LogP contribution in [-0.4, -0.2) is 17.6 Å². The van der Waals surface area contributed by atoms with Crippen LogP contribution in [0.2, 0.25) is 0 Å². The molecule has 0 heterocycles. The third-order valence-corrected chi connectivity index (χ3v) is 1.61. The van der Waals surface area contributed by atoms with Crippen LogP contribution < -0.4 is 5.32 Å². The fourth-order valence-electron chi connectivity index (χ4n) is 1.03. The first-order valence-corrected chi connectivity index (χ1v) is 4.29. The molecule has 0 aliphatic rings. The van der Waals surface area contributed by atoms with Crippen LogP contribution in [0.4, 0.5) is 0 Å². The summed E-state index contributed by atoms with van der Waals surface area (Å²) < 4.78 is 0. The molecular weight excluding hydrogens is 180 g/mol. The molecule has 0 fully saturated rings. The summed E-state index contributed by atoms with van der Waals surface area (Å²) in [6.45, 7) is 6.14. The number of allylic oxidation sites excluding steroid dienone is 3. The Bertz CT molecular complexity index is 322. The van der Waals surface area contributed by atoms with Gasteiger partial charge in [0.05, 0.1) is 0 Å². The molecule has 0 saturated carbocycles. The largest absolute Gasteiger partial charge is 0.477 e. The minimum atomic E-state index is -1.19. The second-order valence-corrected chi connectivity index (χ2v) is 2.83. The molecule has 0 spiro atoms. The fourth-order valence-corrected chi connectivity index (χ4v) is 1.03. The molecule has 4 heteroatoms. The maximum atomic E-state index is 10.6. The van der Waals surface area contributed by atoms with E-state index in [2.05, 4.69) is 5.32 Å². The van der Waals surface area contributed by atoms with E-state index in [0.717, 1.165) is 12.2 Å². The number of nitriles is 1. The number of hydrogen-bond donors (Lipinski definition) is 2. The summed E-state index contributed by atoms with van der Waals surface area (Å²) in [4.78, 5) is 10.6. The van der Waals surface area contributed by atoms with Gasteiger partial charge in [0.2, 0.25) is 0 Å². The standard InChI is InChI=1S/C10H14N2O2/c1-4-12-8(3)5-7(2)9(6-11)10(13)14/h5,12H,4H2,1-3H3,(H,13,14)/b8-5+,9-7-. The van der Waals surface area contributed by atoms with Crippen LogP contribution in [0.3, 0.4) is 0 Å². The number of carboxylic acid groups (broad SMARTS) is 1. The first-order chi connectivity index (χ1) is 6.52. The summed E-state index contributed by atoms with van der Waals surface area (Å²) in [5, 5.41) is 20.2. The topological polar surface area (TPSA) is 73.1 Å². The normalized spacial score (nSPS) is 12.9. The van der Waals surface area contributed by atoms with E-state index in [4.69, 9.17) is 10.4 Å². The first kappa shape index (κ1) is 12.2. The molecule has 0 aliphatic carbocycles. The number of hydrogen-bond acceptors (Lipinski definition) is 3. The third kappa shape index (κ3) is 3.76. The van der Waals surface area contributed by atoms with Crippen LogP contribution >= 0.6 is 0 Å². The Hall–Kier alpha value is -1.76. The number of carbonyl (C=O) groups is 1. The van der Waals surface area contributed by atoms with Crippen LogP contribution in [0.25, 0.3) is 0 Å². The van der Waals surface area contributed by atoms with Gasteiger partial charge in [-0.1, -0.05) is 0 Å². The highest BCUT2D eigenvalue weighted by Crippen LogP contribution is 2.06. The van der Waals surface area contributed by atoms with Crippen LogP contribution in [0, 0.1) is 11.3 Å². The predicted octanol–water partition coefficient (Wildman–Crippen LogP) is 1.42. The summed E-state index contributed by atoms with van der Waals surface area (Å²) in [6, 6.07) is 1.66. The van der Waals surface area contributed by atoms with Crippen molar-refractivity contribution in [3.63, 3.8) is 0 Å². The number of carboxylic acids is 1. The molecule has 0 unspecified atom stereocenters. The van der Waals surface area contributed by atoms with Crippen molar-refractivity contribution in [2.75, 3.05) is 6.54 Å². The van der Waals surface area contributed by atoms with Crippen molar-refractivity contribution in [3.8, 4) is 6.07 Å². The monoisotopic (exact) mass is 194 g/mol. The second kappa shape index (κ2) is 5.81. The van der Waals surface area contributed by atoms with Gasteiger partial charge in [-0.3, -0.25) is 0 Å². The Balaban J connectivity index is 4.91. The molecule has 0 bridgehead atoms. The molecule has 14 heavy (non-hydrogen) atoms. The summed E-state index contributed by atoms with van der Waals surface area (Å²) in [7, 11) is 0. The van der Waals surface area contributed by atoms with Crippen LogP contribution in [0.5, 0.6) is 0 Å². The number of nitrogens with zero attached hydrogens (tertiary/aromatic N) is 1. The molecule has 0 aliphatic heterocycles. The highest BCUT2D eigenvalue weighted by atomic mass is 16.4. The van der Waals surface area contributed by atoms with Crippen molar-refractivity contribution < 1.29 is 9.90 Å². The predicted molar refractivity (Wildman–Crippen MR) is 53.4 cm³/mol. The molecule has 76 valence electrons. The fraction of sp³-hybridized carbons (Fsp3) is 0.400. The van der Waals surface area contributed by atoms with Gasteiger partial charge in [-0.05, 0) is 32.4 Å². The lowest BCUT2D eigenvalue weighted by atomic mass is 10.1. The zero-order chi connectivity index (χ0) is 11.1. The van der Waals surface area contributed by atoms with Crippen LogP contribution in [0.15, 0.2) is 22.9 Å². The highest BCUT2D eigenvalue weighted by molar-refractivity contribution is 5.92.